The van der Waals surface area contributed by atoms with E-state index < -0.39 is 0 Å². The Morgan fingerprint density at radius 2 is 2.43 bits per heavy atom. The van der Waals surface area contributed by atoms with Crippen molar-refractivity contribution in [2.45, 2.75) is 25.9 Å². The summed E-state index contributed by atoms with van der Waals surface area (Å²) in [6.45, 7) is 9.06. The fourth-order valence-electron chi connectivity index (χ4n) is 2.02. The van der Waals surface area contributed by atoms with Gasteiger partial charge in [-0.05, 0) is 36.2 Å². The third kappa shape index (κ3) is 2.56. The lowest BCUT2D eigenvalue weighted by Crippen LogP contribution is -2.56. The lowest BCUT2D eigenvalue weighted by Gasteiger charge is -2.39. The van der Waals surface area contributed by atoms with Crippen molar-refractivity contribution in [2.75, 3.05) is 19.6 Å². The summed E-state index contributed by atoms with van der Waals surface area (Å²) >= 11 is 1.79. The van der Waals surface area contributed by atoms with E-state index in [0.29, 0.717) is 0 Å². The van der Waals surface area contributed by atoms with E-state index in [0.717, 1.165) is 19.6 Å². The van der Waals surface area contributed by atoms with Gasteiger partial charge in [-0.2, -0.15) is 11.3 Å². The first-order valence-corrected chi connectivity index (χ1v) is 6.08. The lowest BCUT2D eigenvalue weighted by atomic mass is 10.0. The maximum Gasteiger partial charge on any atom is 0.0252 e. The molecule has 0 radical (unpaired) electrons. The second-order valence-corrected chi connectivity index (χ2v) is 5.43. The second-order valence-electron chi connectivity index (χ2n) is 4.65. The average Bonchev–Trinajstić information content (AvgIpc) is 2.54. The van der Waals surface area contributed by atoms with E-state index in [1.165, 1.54) is 12.1 Å². The highest BCUT2D eigenvalue weighted by molar-refractivity contribution is 7.07. The van der Waals surface area contributed by atoms with Gasteiger partial charge in [0.25, 0.3) is 0 Å². The third-order valence-corrected chi connectivity index (χ3v) is 3.37. The molecule has 1 aliphatic rings. The van der Waals surface area contributed by atoms with Crippen molar-refractivity contribution in [1.82, 2.24) is 10.2 Å². The molecule has 1 aromatic rings. The molecule has 2 rings (SSSR count). The van der Waals surface area contributed by atoms with Crippen LogP contribution in [0.1, 0.15) is 19.4 Å². The Hall–Kier alpha value is -0.380. The summed E-state index contributed by atoms with van der Waals surface area (Å²) in [5.74, 6) is 0. The Morgan fingerprint density at radius 1 is 1.57 bits per heavy atom. The SMILES string of the molecule is CC1(C)CN(Cc2ccsc2)CCN1. The number of nitrogens with zero attached hydrogens (tertiary/aromatic N) is 1. The number of thiophene rings is 1. The molecule has 2 heterocycles. The number of hydrogen-bond acceptors (Lipinski definition) is 3. The standard InChI is InChI=1S/C11H18N2S/c1-11(2)9-13(5-4-12-11)7-10-3-6-14-8-10/h3,6,8,12H,4-5,7,9H2,1-2H3. The Bertz CT molecular complexity index is 279. The zero-order chi connectivity index (χ0) is 10.0. The minimum atomic E-state index is 0.272. The van der Waals surface area contributed by atoms with Crippen LogP contribution >= 0.6 is 11.3 Å². The Morgan fingerprint density at radius 3 is 3.07 bits per heavy atom. The van der Waals surface area contributed by atoms with Crippen LogP contribution in [0.5, 0.6) is 0 Å². The molecule has 14 heavy (non-hydrogen) atoms. The van der Waals surface area contributed by atoms with Gasteiger partial charge in [0.15, 0.2) is 0 Å². The molecule has 0 spiro atoms. The van der Waals surface area contributed by atoms with Crippen molar-refractivity contribution in [3.05, 3.63) is 22.4 Å². The topological polar surface area (TPSA) is 15.3 Å². The van der Waals surface area contributed by atoms with Crippen LogP contribution in [-0.2, 0) is 6.54 Å². The highest BCUT2D eigenvalue weighted by atomic mass is 32.1. The van der Waals surface area contributed by atoms with Crippen LogP contribution in [0.3, 0.4) is 0 Å². The first-order chi connectivity index (χ1) is 6.66. The van der Waals surface area contributed by atoms with Gasteiger partial charge in [0.05, 0.1) is 0 Å². The van der Waals surface area contributed by atoms with Gasteiger partial charge in [0.2, 0.25) is 0 Å². The maximum absolute atomic E-state index is 3.53. The highest BCUT2D eigenvalue weighted by Gasteiger charge is 2.25. The molecule has 0 amide bonds. The first kappa shape index (κ1) is 10.1. The Labute approximate surface area is 89.9 Å². The maximum atomic E-state index is 3.53. The van der Waals surface area contributed by atoms with E-state index in [1.807, 2.05) is 0 Å². The normalized spacial score (nSPS) is 22.4. The molecule has 2 nitrogen and oxygen atoms in total. The van der Waals surface area contributed by atoms with Crippen LogP contribution in [0.2, 0.25) is 0 Å². The van der Waals surface area contributed by atoms with Crippen LogP contribution < -0.4 is 5.32 Å². The zero-order valence-corrected chi connectivity index (χ0v) is 9.73. The van der Waals surface area contributed by atoms with Gasteiger partial charge in [-0.1, -0.05) is 0 Å². The van der Waals surface area contributed by atoms with Crippen LogP contribution in [0, 0.1) is 0 Å². The van der Waals surface area contributed by atoms with Crippen molar-refractivity contribution in [2.24, 2.45) is 0 Å². The van der Waals surface area contributed by atoms with Gasteiger partial charge in [0, 0.05) is 31.7 Å². The van der Waals surface area contributed by atoms with Crippen molar-refractivity contribution in [3.8, 4) is 0 Å². The highest BCUT2D eigenvalue weighted by Crippen LogP contribution is 2.14. The number of hydrogen-bond donors (Lipinski definition) is 1. The molecule has 0 aromatic carbocycles. The summed E-state index contributed by atoms with van der Waals surface area (Å²) in [5.41, 5.74) is 1.72. The summed E-state index contributed by atoms with van der Waals surface area (Å²) in [7, 11) is 0. The van der Waals surface area contributed by atoms with E-state index >= 15 is 0 Å². The third-order valence-electron chi connectivity index (χ3n) is 2.64. The molecule has 1 aliphatic heterocycles. The molecule has 0 aliphatic carbocycles. The first-order valence-electron chi connectivity index (χ1n) is 5.14. The van der Waals surface area contributed by atoms with E-state index in [2.05, 4.69) is 40.9 Å². The predicted molar refractivity (Wildman–Crippen MR) is 61.7 cm³/mol. The predicted octanol–water partition coefficient (Wildman–Crippen LogP) is 1.93. The van der Waals surface area contributed by atoms with Crippen LogP contribution in [0.4, 0.5) is 0 Å². The molecule has 3 heteroatoms. The van der Waals surface area contributed by atoms with E-state index in [9.17, 15) is 0 Å². The molecular weight excluding hydrogens is 192 g/mol. The van der Waals surface area contributed by atoms with Crippen LogP contribution in [-0.4, -0.2) is 30.1 Å². The van der Waals surface area contributed by atoms with Crippen molar-refractivity contribution < 1.29 is 0 Å². The van der Waals surface area contributed by atoms with Gasteiger partial charge < -0.3 is 5.32 Å². The van der Waals surface area contributed by atoms with Gasteiger partial charge in [0.1, 0.15) is 0 Å². The number of nitrogens with one attached hydrogen (secondary N) is 1. The van der Waals surface area contributed by atoms with E-state index in [1.54, 1.807) is 11.3 Å². The summed E-state index contributed by atoms with van der Waals surface area (Å²) in [4.78, 5) is 2.53. The largest absolute Gasteiger partial charge is 0.309 e. The Balaban J connectivity index is 1.92. The summed E-state index contributed by atoms with van der Waals surface area (Å²) in [6.07, 6.45) is 0. The van der Waals surface area contributed by atoms with Gasteiger partial charge >= 0.3 is 0 Å². The van der Waals surface area contributed by atoms with Crippen molar-refractivity contribution in [1.29, 1.82) is 0 Å². The monoisotopic (exact) mass is 210 g/mol. The number of piperazine rings is 1. The molecular formula is C11H18N2S. The molecule has 0 bridgehead atoms. The molecule has 0 unspecified atom stereocenters. The minimum Gasteiger partial charge on any atom is -0.309 e. The van der Waals surface area contributed by atoms with Gasteiger partial charge in [-0.15, -0.1) is 0 Å². The molecule has 1 saturated heterocycles. The Kier molecular flexibility index (Phi) is 2.91. The summed E-state index contributed by atoms with van der Waals surface area (Å²) < 4.78 is 0. The summed E-state index contributed by atoms with van der Waals surface area (Å²) in [6, 6.07) is 2.22. The molecule has 0 saturated carbocycles. The van der Waals surface area contributed by atoms with Gasteiger partial charge in [-0.25, -0.2) is 0 Å². The van der Waals surface area contributed by atoms with E-state index in [4.69, 9.17) is 0 Å². The van der Waals surface area contributed by atoms with E-state index in [-0.39, 0.29) is 5.54 Å². The minimum absolute atomic E-state index is 0.272. The molecule has 1 aromatic heterocycles. The average molecular weight is 210 g/mol. The molecule has 1 N–H and O–H groups in total. The molecule has 0 atom stereocenters. The van der Waals surface area contributed by atoms with Gasteiger partial charge in [-0.3, -0.25) is 4.90 Å². The smallest absolute Gasteiger partial charge is 0.0252 e. The fraction of sp³-hybridized carbons (Fsp3) is 0.636. The van der Waals surface area contributed by atoms with Crippen molar-refractivity contribution in [3.63, 3.8) is 0 Å². The fourth-order valence-corrected chi connectivity index (χ4v) is 2.68. The van der Waals surface area contributed by atoms with Crippen LogP contribution in [0.15, 0.2) is 16.8 Å². The van der Waals surface area contributed by atoms with Crippen molar-refractivity contribution >= 4 is 11.3 Å². The number of rotatable bonds is 2. The lowest BCUT2D eigenvalue weighted by molar-refractivity contribution is 0.148. The van der Waals surface area contributed by atoms with Crippen LogP contribution in [0.25, 0.3) is 0 Å². The zero-order valence-electron chi connectivity index (χ0n) is 8.92. The molecule has 78 valence electrons. The quantitative estimate of drug-likeness (QED) is 0.802. The molecule has 1 fully saturated rings. The second kappa shape index (κ2) is 4.01. The summed E-state index contributed by atoms with van der Waals surface area (Å²) in [5, 5.41) is 7.93.